The van der Waals surface area contributed by atoms with Gasteiger partial charge in [-0.05, 0) is 61.2 Å². The summed E-state index contributed by atoms with van der Waals surface area (Å²) in [5.74, 6) is 0.226. The number of hydrogen-bond donors (Lipinski definition) is 2. The second kappa shape index (κ2) is 8.64. The first-order valence-electron chi connectivity index (χ1n) is 8.47. The van der Waals surface area contributed by atoms with E-state index in [1.165, 1.54) is 18.4 Å². The molecule has 1 heterocycles. The number of furan rings is 1. The summed E-state index contributed by atoms with van der Waals surface area (Å²) in [5.41, 5.74) is 1.80. The fourth-order valence-electron chi connectivity index (χ4n) is 2.57. The van der Waals surface area contributed by atoms with Crippen LogP contribution in [0.15, 0.2) is 75.1 Å². The van der Waals surface area contributed by atoms with Crippen LogP contribution >= 0.6 is 11.8 Å². The van der Waals surface area contributed by atoms with Crippen molar-refractivity contribution in [2.24, 2.45) is 0 Å². The predicted octanol–water partition coefficient (Wildman–Crippen LogP) is 4.04. The molecule has 1 aromatic heterocycles. The van der Waals surface area contributed by atoms with Crippen molar-refractivity contribution in [1.29, 1.82) is 0 Å². The zero-order chi connectivity index (χ0) is 20.1. The summed E-state index contributed by atoms with van der Waals surface area (Å²) in [5, 5.41) is 2.77. The molecule has 0 unspecified atom stereocenters. The van der Waals surface area contributed by atoms with Gasteiger partial charge in [-0.3, -0.25) is 4.79 Å². The standard InChI is InChI=1S/C20H20N2O4S2/c1-14-8-9-17(27-2)12-19(14)20(23)22-15-5-3-7-18(11-15)28(24,25)21-13-16-6-4-10-26-16/h3-12,21H,13H2,1-2H3,(H,22,23). The molecular formula is C20H20N2O4S2. The quantitative estimate of drug-likeness (QED) is 0.568. The van der Waals surface area contributed by atoms with Crippen LogP contribution in [0.2, 0.25) is 0 Å². The average molecular weight is 417 g/mol. The van der Waals surface area contributed by atoms with Crippen LogP contribution in [-0.2, 0) is 16.6 Å². The Hall–Kier alpha value is -2.55. The maximum atomic E-state index is 12.6. The second-order valence-corrected chi connectivity index (χ2v) is 8.71. The van der Waals surface area contributed by atoms with E-state index >= 15 is 0 Å². The highest BCUT2D eigenvalue weighted by molar-refractivity contribution is 7.98. The van der Waals surface area contributed by atoms with Crippen molar-refractivity contribution < 1.29 is 17.6 Å². The SMILES string of the molecule is CSc1ccc(C)c(C(=O)Nc2cccc(S(=O)(=O)NCc3ccco3)c2)c1. The minimum atomic E-state index is -3.74. The molecule has 0 aliphatic carbocycles. The molecule has 0 saturated heterocycles. The molecule has 0 radical (unpaired) electrons. The van der Waals surface area contributed by atoms with E-state index in [-0.39, 0.29) is 17.3 Å². The number of benzene rings is 2. The summed E-state index contributed by atoms with van der Waals surface area (Å²) in [6, 6.07) is 15.2. The Bertz CT molecular complexity index is 1080. The molecule has 28 heavy (non-hydrogen) atoms. The van der Waals surface area contributed by atoms with Crippen LogP contribution in [0, 0.1) is 6.92 Å². The van der Waals surface area contributed by atoms with Gasteiger partial charge < -0.3 is 9.73 Å². The summed E-state index contributed by atoms with van der Waals surface area (Å²) in [7, 11) is -3.74. The Morgan fingerprint density at radius 1 is 1.11 bits per heavy atom. The first-order valence-corrected chi connectivity index (χ1v) is 11.2. The number of anilines is 1. The fraction of sp³-hybridized carbons (Fsp3) is 0.150. The van der Waals surface area contributed by atoms with Gasteiger partial charge in [0.15, 0.2) is 0 Å². The molecule has 0 spiro atoms. The van der Waals surface area contributed by atoms with E-state index in [1.807, 2.05) is 31.4 Å². The fourth-order valence-corrected chi connectivity index (χ4v) is 4.05. The van der Waals surface area contributed by atoms with Gasteiger partial charge >= 0.3 is 0 Å². The van der Waals surface area contributed by atoms with Crippen LogP contribution in [0.5, 0.6) is 0 Å². The highest BCUT2D eigenvalue weighted by Gasteiger charge is 2.16. The second-order valence-electron chi connectivity index (χ2n) is 6.07. The molecule has 0 aliphatic heterocycles. The Balaban J connectivity index is 1.76. The molecule has 0 atom stereocenters. The summed E-state index contributed by atoms with van der Waals surface area (Å²) >= 11 is 1.55. The molecule has 146 valence electrons. The number of nitrogens with one attached hydrogen (secondary N) is 2. The Morgan fingerprint density at radius 3 is 2.64 bits per heavy atom. The summed E-state index contributed by atoms with van der Waals surface area (Å²) in [6.45, 7) is 1.91. The molecule has 0 saturated carbocycles. The zero-order valence-corrected chi connectivity index (χ0v) is 17.1. The van der Waals surface area contributed by atoms with Gasteiger partial charge in [0.2, 0.25) is 10.0 Å². The Kier molecular flexibility index (Phi) is 6.23. The highest BCUT2D eigenvalue weighted by Crippen LogP contribution is 2.21. The van der Waals surface area contributed by atoms with Crippen molar-refractivity contribution in [3.63, 3.8) is 0 Å². The van der Waals surface area contributed by atoms with Crippen molar-refractivity contribution in [1.82, 2.24) is 4.72 Å². The van der Waals surface area contributed by atoms with Crippen LogP contribution < -0.4 is 10.0 Å². The maximum Gasteiger partial charge on any atom is 0.255 e. The molecule has 0 bridgehead atoms. The predicted molar refractivity (Wildman–Crippen MR) is 110 cm³/mol. The van der Waals surface area contributed by atoms with Gasteiger partial charge in [0.1, 0.15) is 5.76 Å². The van der Waals surface area contributed by atoms with Crippen LogP contribution in [0.1, 0.15) is 21.7 Å². The molecule has 8 heteroatoms. The van der Waals surface area contributed by atoms with Gasteiger partial charge in [0.25, 0.3) is 5.91 Å². The number of rotatable bonds is 7. The molecule has 1 amide bonds. The van der Waals surface area contributed by atoms with Gasteiger partial charge in [0, 0.05) is 16.1 Å². The van der Waals surface area contributed by atoms with Gasteiger partial charge in [-0.1, -0.05) is 12.1 Å². The minimum Gasteiger partial charge on any atom is -0.468 e. The number of carbonyl (C=O) groups excluding carboxylic acids is 1. The molecule has 3 aromatic rings. The van der Waals surface area contributed by atoms with Gasteiger partial charge in [-0.25, -0.2) is 13.1 Å². The van der Waals surface area contributed by atoms with Crippen LogP contribution in [0.4, 0.5) is 5.69 Å². The summed E-state index contributed by atoms with van der Waals surface area (Å²) in [4.78, 5) is 13.7. The van der Waals surface area contributed by atoms with Gasteiger partial charge in [-0.2, -0.15) is 0 Å². The third-order valence-corrected chi connectivity index (χ3v) is 6.23. The van der Waals surface area contributed by atoms with Crippen molar-refractivity contribution in [3.8, 4) is 0 Å². The van der Waals surface area contributed by atoms with E-state index in [9.17, 15) is 13.2 Å². The highest BCUT2D eigenvalue weighted by atomic mass is 32.2. The molecular weight excluding hydrogens is 396 g/mol. The van der Waals surface area contributed by atoms with E-state index in [1.54, 1.807) is 36.0 Å². The third kappa shape index (κ3) is 4.83. The lowest BCUT2D eigenvalue weighted by Gasteiger charge is -2.11. The Labute approximate surface area is 168 Å². The number of sulfonamides is 1. The first-order chi connectivity index (χ1) is 13.4. The van der Waals surface area contributed by atoms with Crippen LogP contribution in [0.25, 0.3) is 0 Å². The number of carbonyl (C=O) groups is 1. The lowest BCUT2D eigenvalue weighted by molar-refractivity contribution is 0.102. The van der Waals surface area contributed by atoms with Crippen molar-refractivity contribution in [2.45, 2.75) is 23.3 Å². The largest absolute Gasteiger partial charge is 0.468 e. The van der Waals surface area contributed by atoms with Crippen molar-refractivity contribution >= 4 is 33.4 Å². The minimum absolute atomic E-state index is 0.0482. The molecule has 0 fully saturated rings. The lowest BCUT2D eigenvalue weighted by atomic mass is 10.1. The van der Waals surface area contributed by atoms with Crippen LogP contribution in [-0.4, -0.2) is 20.6 Å². The van der Waals surface area contributed by atoms with Gasteiger partial charge in [-0.15, -0.1) is 11.8 Å². The molecule has 0 aliphatic rings. The number of thioether (sulfide) groups is 1. The summed E-state index contributed by atoms with van der Waals surface area (Å²) in [6.07, 6.45) is 3.42. The number of amides is 1. The van der Waals surface area contributed by atoms with E-state index < -0.39 is 10.0 Å². The first kappa shape index (κ1) is 20.2. The molecule has 6 nitrogen and oxygen atoms in total. The normalized spacial score (nSPS) is 11.4. The molecule has 3 rings (SSSR count). The monoisotopic (exact) mass is 416 g/mol. The van der Waals surface area contributed by atoms with E-state index in [0.717, 1.165) is 10.5 Å². The van der Waals surface area contributed by atoms with Crippen LogP contribution in [0.3, 0.4) is 0 Å². The van der Waals surface area contributed by atoms with Crippen molar-refractivity contribution in [2.75, 3.05) is 11.6 Å². The smallest absolute Gasteiger partial charge is 0.255 e. The number of hydrogen-bond acceptors (Lipinski definition) is 5. The molecule has 2 N–H and O–H groups in total. The van der Waals surface area contributed by atoms with Gasteiger partial charge in [0.05, 0.1) is 17.7 Å². The lowest BCUT2D eigenvalue weighted by Crippen LogP contribution is -2.23. The Morgan fingerprint density at radius 2 is 1.93 bits per heavy atom. The number of aryl methyl sites for hydroxylation is 1. The van der Waals surface area contributed by atoms with Crippen molar-refractivity contribution in [3.05, 3.63) is 77.7 Å². The zero-order valence-electron chi connectivity index (χ0n) is 15.4. The summed E-state index contributed by atoms with van der Waals surface area (Å²) < 4.78 is 32.6. The maximum absolute atomic E-state index is 12.6. The molecule has 2 aromatic carbocycles. The van der Waals surface area contributed by atoms with E-state index in [2.05, 4.69) is 10.0 Å². The topological polar surface area (TPSA) is 88.4 Å². The van der Waals surface area contributed by atoms with E-state index in [0.29, 0.717) is 17.0 Å². The average Bonchev–Trinajstić information content (AvgIpc) is 3.21. The van der Waals surface area contributed by atoms with E-state index in [4.69, 9.17) is 4.42 Å². The third-order valence-electron chi connectivity index (χ3n) is 4.11.